The smallest absolute Gasteiger partial charge is 0.123 e. The van der Waals surface area contributed by atoms with E-state index in [4.69, 9.17) is 11.6 Å². The van der Waals surface area contributed by atoms with Gasteiger partial charge in [-0.1, -0.05) is 23.7 Å². The summed E-state index contributed by atoms with van der Waals surface area (Å²) in [6.07, 6.45) is 1.02. The fourth-order valence-electron chi connectivity index (χ4n) is 2.24. The van der Waals surface area contributed by atoms with Gasteiger partial charge in [0.15, 0.2) is 0 Å². The largest absolute Gasteiger partial charge is 0.306 e. The van der Waals surface area contributed by atoms with E-state index in [-0.39, 0.29) is 11.9 Å². The Morgan fingerprint density at radius 1 is 1.29 bits per heavy atom. The Hall–Kier alpha value is -0.900. The molecule has 1 nitrogen and oxygen atoms in total. The lowest BCUT2D eigenvalue weighted by Gasteiger charge is -2.24. The zero-order valence-electron chi connectivity index (χ0n) is 9.04. The molecule has 4 heteroatoms. The van der Waals surface area contributed by atoms with E-state index in [0.717, 1.165) is 22.9 Å². The molecule has 88 valence electrons. The van der Waals surface area contributed by atoms with E-state index in [9.17, 15) is 4.39 Å². The Kier molecular flexibility index (Phi) is 2.90. The van der Waals surface area contributed by atoms with E-state index in [2.05, 4.69) is 5.32 Å². The van der Waals surface area contributed by atoms with Gasteiger partial charge in [-0.3, -0.25) is 0 Å². The van der Waals surface area contributed by atoms with Crippen molar-refractivity contribution in [2.75, 3.05) is 6.54 Å². The van der Waals surface area contributed by atoms with Crippen molar-refractivity contribution in [3.05, 3.63) is 56.5 Å². The first-order valence-electron chi connectivity index (χ1n) is 5.51. The summed E-state index contributed by atoms with van der Waals surface area (Å²) in [6.45, 7) is 0.936. The highest BCUT2D eigenvalue weighted by Gasteiger charge is 2.23. The molecular formula is C13H11ClFNS. The van der Waals surface area contributed by atoms with Crippen molar-refractivity contribution < 1.29 is 4.39 Å². The second kappa shape index (κ2) is 4.41. The number of hydrogen-bond acceptors (Lipinski definition) is 2. The molecule has 17 heavy (non-hydrogen) atoms. The second-order valence-electron chi connectivity index (χ2n) is 4.12. The third-order valence-corrected chi connectivity index (χ3v) is 4.37. The number of rotatable bonds is 1. The summed E-state index contributed by atoms with van der Waals surface area (Å²) >= 11 is 7.70. The van der Waals surface area contributed by atoms with Crippen LogP contribution in [0.2, 0.25) is 4.34 Å². The molecule has 3 rings (SSSR count). The minimum absolute atomic E-state index is 0.142. The Bertz CT molecular complexity index is 535. The van der Waals surface area contributed by atoms with Crippen LogP contribution in [0.4, 0.5) is 4.39 Å². The van der Waals surface area contributed by atoms with Crippen LogP contribution in [0.1, 0.15) is 22.0 Å². The van der Waals surface area contributed by atoms with Gasteiger partial charge in [-0.05, 0) is 35.7 Å². The van der Waals surface area contributed by atoms with Gasteiger partial charge in [0.2, 0.25) is 0 Å². The Balaban J connectivity index is 2.02. The molecule has 0 aliphatic carbocycles. The zero-order valence-corrected chi connectivity index (χ0v) is 10.6. The molecule has 1 aromatic carbocycles. The summed E-state index contributed by atoms with van der Waals surface area (Å²) in [4.78, 5) is 1.34. The van der Waals surface area contributed by atoms with Gasteiger partial charge in [0.05, 0.1) is 10.4 Å². The van der Waals surface area contributed by atoms with Gasteiger partial charge in [-0.2, -0.15) is 0 Å². The molecule has 1 aliphatic rings. The first kappa shape index (κ1) is 11.2. The van der Waals surface area contributed by atoms with Crippen molar-refractivity contribution >= 4 is 22.9 Å². The molecule has 0 radical (unpaired) electrons. The molecule has 0 saturated carbocycles. The average Bonchev–Trinajstić information content (AvgIpc) is 2.70. The molecule has 0 bridgehead atoms. The maximum atomic E-state index is 12.9. The van der Waals surface area contributed by atoms with Gasteiger partial charge in [0, 0.05) is 11.4 Å². The van der Waals surface area contributed by atoms with Gasteiger partial charge >= 0.3 is 0 Å². The van der Waals surface area contributed by atoms with Crippen LogP contribution in [0.15, 0.2) is 30.3 Å². The standard InChI is InChI=1S/C13H11ClFNS/c14-12-7-10-11(17-12)5-6-16-13(10)8-1-3-9(15)4-2-8/h1-4,7,13,16H,5-6H2/t13-/m0/s1. The van der Waals surface area contributed by atoms with Gasteiger partial charge in [0.25, 0.3) is 0 Å². The maximum absolute atomic E-state index is 12.9. The monoisotopic (exact) mass is 267 g/mol. The van der Waals surface area contributed by atoms with E-state index >= 15 is 0 Å². The first-order chi connectivity index (χ1) is 8.24. The minimum Gasteiger partial charge on any atom is -0.306 e. The molecule has 1 aliphatic heterocycles. The fraction of sp³-hybridized carbons (Fsp3) is 0.231. The predicted molar refractivity (Wildman–Crippen MR) is 69.3 cm³/mol. The number of benzene rings is 1. The molecule has 0 unspecified atom stereocenters. The van der Waals surface area contributed by atoms with Crippen LogP contribution in [0.5, 0.6) is 0 Å². The number of thiophene rings is 1. The van der Waals surface area contributed by atoms with E-state index in [1.165, 1.54) is 22.6 Å². The fourth-order valence-corrected chi connectivity index (χ4v) is 3.56. The Morgan fingerprint density at radius 3 is 2.82 bits per heavy atom. The van der Waals surface area contributed by atoms with Crippen LogP contribution in [0, 0.1) is 5.82 Å². The van der Waals surface area contributed by atoms with Crippen LogP contribution < -0.4 is 5.32 Å². The first-order valence-corrected chi connectivity index (χ1v) is 6.70. The lowest BCUT2D eigenvalue weighted by molar-refractivity contribution is 0.571. The summed E-state index contributed by atoms with van der Waals surface area (Å²) in [7, 11) is 0. The SMILES string of the molecule is Fc1ccc([C@@H]2NCCc3sc(Cl)cc32)cc1. The van der Waals surface area contributed by atoms with Gasteiger partial charge in [0.1, 0.15) is 5.82 Å². The highest BCUT2D eigenvalue weighted by molar-refractivity contribution is 7.16. The van der Waals surface area contributed by atoms with E-state index in [1.54, 1.807) is 11.3 Å². The number of hydrogen-bond donors (Lipinski definition) is 1. The highest BCUT2D eigenvalue weighted by Crippen LogP contribution is 2.36. The zero-order chi connectivity index (χ0) is 11.8. The van der Waals surface area contributed by atoms with Crippen molar-refractivity contribution in [1.82, 2.24) is 5.32 Å². The van der Waals surface area contributed by atoms with Crippen LogP contribution in [-0.2, 0) is 6.42 Å². The summed E-state index contributed by atoms with van der Waals surface area (Å²) < 4.78 is 13.7. The average molecular weight is 268 g/mol. The lowest BCUT2D eigenvalue weighted by atomic mass is 9.95. The molecule has 0 saturated heterocycles. The topological polar surface area (TPSA) is 12.0 Å². The normalized spacial score (nSPS) is 19.1. The van der Waals surface area contributed by atoms with Crippen molar-refractivity contribution in [3.63, 3.8) is 0 Å². The molecule has 0 spiro atoms. The lowest BCUT2D eigenvalue weighted by Crippen LogP contribution is -2.29. The predicted octanol–water partition coefficient (Wildman–Crippen LogP) is 3.78. The quantitative estimate of drug-likeness (QED) is 0.829. The minimum atomic E-state index is -0.201. The van der Waals surface area contributed by atoms with Crippen LogP contribution in [-0.4, -0.2) is 6.54 Å². The maximum Gasteiger partial charge on any atom is 0.123 e. The molecule has 0 amide bonds. The van der Waals surface area contributed by atoms with Gasteiger partial charge in [-0.15, -0.1) is 11.3 Å². The Morgan fingerprint density at radius 2 is 2.06 bits per heavy atom. The highest BCUT2D eigenvalue weighted by atomic mass is 35.5. The molecule has 1 N–H and O–H groups in total. The van der Waals surface area contributed by atoms with Crippen molar-refractivity contribution in [3.8, 4) is 0 Å². The molecule has 0 fully saturated rings. The molecule has 1 atom stereocenters. The summed E-state index contributed by atoms with van der Waals surface area (Å²) in [5, 5.41) is 3.45. The van der Waals surface area contributed by atoms with E-state index < -0.39 is 0 Å². The van der Waals surface area contributed by atoms with E-state index in [0.29, 0.717) is 0 Å². The van der Waals surface area contributed by atoms with Gasteiger partial charge < -0.3 is 5.32 Å². The molecule has 2 aromatic rings. The van der Waals surface area contributed by atoms with Crippen molar-refractivity contribution in [2.45, 2.75) is 12.5 Å². The van der Waals surface area contributed by atoms with E-state index in [1.807, 2.05) is 18.2 Å². The summed E-state index contributed by atoms with van der Waals surface area (Å²) in [5.41, 5.74) is 2.32. The third kappa shape index (κ3) is 2.10. The molecular weight excluding hydrogens is 257 g/mol. The van der Waals surface area contributed by atoms with Crippen LogP contribution in [0.25, 0.3) is 0 Å². The molecule has 2 heterocycles. The number of fused-ring (bicyclic) bond motifs is 1. The summed E-state index contributed by atoms with van der Waals surface area (Å²) in [5.74, 6) is -0.201. The van der Waals surface area contributed by atoms with Crippen LogP contribution >= 0.6 is 22.9 Å². The Labute approximate surface area is 108 Å². The summed E-state index contributed by atoms with van der Waals surface area (Å²) in [6, 6.07) is 8.81. The van der Waals surface area contributed by atoms with Crippen LogP contribution in [0.3, 0.4) is 0 Å². The van der Waals surface area contributed by atoms with Gasteiger partial charge in [-0.25, -0.2) is 4.39 Å². The number of nitrogens with one attached hydrogen (secondary N) is 1. The third-order valence-electron chi connectivity index (χ3n) is 3.03. The van der Waals surface area contributed by atoms with Crippen molar-refractivity contribution in [2.24, 2.45) is 0 Å². The second-order valence-corrected chi connectivity index (χ2v) is 5.89. The van der Waals surface area contributed by atoms with Crippen molar-refractivity contribution in [1.29, 1.82) is 0 Å². The number of halogens is 2. The molecule has 1 aromatic heterocycles.